The molecule has 0 amide bonds. The van der Waals surface area contributed by atoms with Crippen LogP contribution in [-0.2, 0) is 0 Å². The molecule has 0 bridgehead atoms. The molecular weight excluding hydrogens is 222 g/mol. The van der Waals surface area contributed by atoms with Crippen LogP contribution in [0.3, 0.4) is 0 Å². The fraction of sp³-hybridized carbons (Fsp3) is 0.462. The molecule has 1 aromatic rings. The van der Waals surface area contributed by atoms with Gasteiger partial charge in [-0.15, -0.1) is 18.2 Å². The number of Topliss-reactive ketones (excluding diaryl/α,β-unsaturated/α-hetero) is 1. The maximum atomic E-state index is 11.9. The Morgan fingerprint density at radius 3 is 2.50 bits per heavy atom. The fourth-order valence-electron chi connectivity index (χ4n) is 1.97. The van der Waals surface area contributed by atoms with Crippen LogP contribution < -0.4 is 0 Å². The first-order valence-electron chi connectivity index (χ1n) is 5.39. The molecule has 0 fully saturated rings. The maximum Gasteiger partial charge on any atom is 0.182 e. The van der Waals surface area contributed by atoms with E-state index >= 15 is 0 Å². The highest BCUT2D eigenvalue weighted by Gasteiger charge is 2.20. The number of nitrogens with zero attached hydrogens (tertiary/aromatic N) is 1. The van der Waals surface area contributed by atoms with Crippen molar-refractivity contribution in [2.75, 3.05) is 0 Å². The van der Waals surface area contributed by atoms with Gasteiger partial charge in [-0.3, -0.25) is 4.79 Å². The van der Waals surface area contributed by atoms with Crippen LogP contribution in [-0.4, -0.2) is 15.7 Å². The van der Waals surface area contributed by atoms with E-state index in [0.717, 1.165) is 11.4 Å². The molecule has 1 aromatic heterocycles. The summed E-state index contributed by atoms with van der Waals surface area (Å²) < 4.78 is 2.10. The van der Waals surface area contributed by atoms with E-state index in [4.69, 9.17) is 11.6 Å². The number of ketones is 1. The maximum absolute atomic E-state index is 11.9. The summed E-state index contributed by atoms with van der Waals surface area (Å²) in [5.74, 6) is -0.0164. The fourth-order valence-corrected chi connectivity index (χ4v) is 2.09. The Balaban J connectivity index is 3.26. The van der Waals surface area contributed by atoms with Crippen molar-refractivity contribution >= 4 is 17.4 Å². The summed E-state index contributed by atoms with van der Waals surface area (Å²) >= 11 is 5.83. The molecule has 16 heavy (non-hydrogen) atoms. The van der Waals surface area contributed by atoms with Gasteiger partial charge >= 0.3 is 0 Å². The van der Waals surface area contributed by atoms with E-state index < -0.39 is 5.38 Å². The second kappa shape index (κ2) is 4.88. The van der Waals surface area contributed by atoms with Gasteiger partial charge in [0.25, 0.3) is 0 Å². The topological polar surface area (TPSA) is 22.0 Å². The van der Waals surface area contributed by atoms with Crippen molar-refractivity contribution in [3.63, 3.8) is 0 Å². The summed E-state index contributed by atoms with van der Waals surface area (Å²) in [4.78, 5) is 11.9. The monoisotopic (exact) mass is 239 g/mol. The zero-order chi connectivity index (χ0) is 12.5. The van der Waals surface area contributed by atoms with E-state index in [1.54, 1.807) is 6.92 Å². The second-order valence-electron chi connectivity index (χ2n) is 4.11. The van der Waals surface area contributed by atoms with Crippen molar-refractivity contribution in [3.05, 3.63) is 35.7 Å². The molecule has 2 unspecified atom stereocenters. The largest absolute Gasteiger partial charge is 0.342 e. The van der Waals surface area contributed by atoms with Crippen molar-refractivity contribution in [3.8, 4) is 0 Å². The van der Waals surface area contributed by atoms with Gasteiger partial charge in [0, 0.05) is 23.0 Å². The number of rotatable bonds is 4. The lowest BCUT2D eigenvalue weighted by Gasteiger charge is -2.14. The Bertz CT molecular complexity index is 418. The van der Waals surface area contributed by atoms with Crippen LogP contribution in [0.4, 0.5) is 0 Å². The number of aromatic nitrogens is 1. The molecule has 2 nitrogen and oxygen atoms in total. The Kier molecular flexibility index (Phi) is 3.98. The van der Waals surface area contributed by atoms with Gasteiger partial charge in [-0.25, -0.2) is 0 Å². The third-order valence-corrected chi connectivity index (χ3v) is 3.06. The van der Waals surface area contributed by atoms with Crippen molar-refractivity contribution in [1.82, 2.24) is 4.57 Å². The van der Waals surface area contributed by atoms with Crippen LogP contribution in [0.15, 0.2) is 18.7 Å². The molecule has 0 N–H and O–H groups in total. The van der Waals surface area contributed by atoms with Crippen molar-refractivity contribution in [2.45, 2.75) is 39.1 Å². The van der Waals surface area contributed by atoms with Gasteiger partial charge in [0.05, 0.1) is 5.38 Å². The van der Waals surface area contributed by atoms with Crippen molar-refractivity contribution < 1.29 is 4.79 Å². The van der Waals surface area contributed by atoms with Crippen LogP contribution in [0.25, 0.3) is 0 Å². The molecule has 0 aliphatic heterocycles. The predicted molar refractivity (Wildman–Crippen MR) is 68.5 cm³/mol. The number of hydrogen-bond acceptors (Lipinski definition) is 1. The van der Waals surface area contributed by atoms with Crippen molar-refractivity contribution in [1.29, 1.82) is 0 Å². The summed E-state index contributed by atoms with van der Waals surface area (Å²) in [6, 6.07) is 2.09. The summed E-state index contributed by atoms with van der Waals surface area (Å²) in [5.41, 5.74) is 2.74. The average molecular weight is 240 g/mol. The minimum atomic E-state index is -0.479. The van der Waals surface area contributed by atoms with Gasteiger partial charge in [-0.1, -0.05) is 6.08 Å². The van der Waals surface area contributed by atoms with Gasteiger partial charge in [0.2, 0.25) is 0 Å². The first kappa shape index (κ1) is 13.0. The molecular formula is C13H18ClNO. The van der Waals surface area contributed by atoms with Crippen LogP contribution in [0.5, 0.6) is 0 Å². The van der Waals surface area contributed by atoms with Crippen molar-refractivity contribution in [2.24, 2.45) is 0 Å². The van der Waals surface area contributed by atoms with Gasteiger partial charge in [0.15, 0.2) is 5.78 Å². The number of aryl methyl sites for hydroxylation is 1. The molecule has 0 aliphatic carbocycles. The Morgan fingerprint density at radius 2 is 2.06 bits per heavy atom. The summed E-state index contributed by atoms with van der Waals surface area (Å²) in [5, 5.41) is -0.479. The van der Waals surface area contributed by atoms with Gasteiger partial charge in [0.1, 0.15) is 0 Å². The molecule has 0 spiro atoms. The quantitative estimate of drug-likeness (QED) is 0.447. The zero-order valence-corrected chi connectivity index (χ0v) is 11.0. The third kappa shape index (κ3) is 2.22. The molecule has 0 aromatic carbocycles. The van der Waals surface area contributed by atoms with E-state index in [9.17, 15) is 4.79 Å². The van der Waals surface area contributed by atoms with E-state index in [1.165, 1.54) is 0 Å². The molecule has 0 aliphatic rings. The smallest absolute Gasteiger partial charge is 0.182 e. The highest BCUT2D eigenvalue weighted by molar-refractivity contribution is 6.33. The summed E-state index contributed by atoms with van der Waals surface area (Å²) in [6.07, 6.45) is 1.86. The SMILES string of the molecule is C=CC(C)n1c(C)cc(C(=O)C(C)Cl)c1C. The standard InChI is InChI=1S/C13H18ClNO/c1-6-8(2)15-9(3)7-12(11(15)5)13(16)10(4)14/h6-8,10H,1H2,2-5H3. The first-order chi connectivity index (χ1) is 7.40. The van der Waals surface area contributed by atoms with E-state index in [-0.39, 0.29) is 11.8 Å². The number of halogens is 1. The van der Waals surface area contributed by atoms with E-state index in [1.807, 2.05) is 32.9 Å². The van der Waals surface area contributed by atoms with E-state index in [0.29, 0.717) is 5.56 Å². The Hall–Kier alpha value is -1.02. The van der Waals surface area contributed by atoms with Gasteiger partial charge < -0.3 is 4.57 Å². The molecule has 3 heteroatoms. The highest BCUT2D eigenvalue weighted by Crippen LogP contribution is 2.22. The molecule has 88 valence electrons. The zero-order valence-electron chi connectivity index (χ0n) is 10.2. The van der Waals surface area contributed by atoms with Gasteiger partial charge in [-0.05, 0) is 33.8 Å². The lowest BCUT2D eigenvalue weighted by atomic mass is 10.1. The third-order valence-electron chi connectivity index (χ3n) is 2.86. The minimum Gasteiger partial charge on any atom is -0.342 e. The number of allylic oxidation sites excluding steroid dienone is 1. The normalized spacial score (nSPS) is 14.6. The van der Waals surface area contributed by atoms with Crippen LogP contribution >= 0.6 is 11.6 Å². The Morgan fingerprint density at radius 1 is 1.50 bits per heavy atom. The average Bonchev–Trinajstić information content (AvgIpc) is 2.52. The Labute approximate surface area is 102 Å². The van der Waals surface area contributed by atoms with Crippen LogP contribution in [0.2, 0.25) is 0 Å². The number of alkyl halides is 1. The predicted octanol–water partition coefficient (Wildman–Crippen LogP) is 3.66. The number of hydrogen-bond donors (Lipinski definition) is 0. The van der Waals surface area contributed by atoms with Crippen LogP contribution in [0.1, 0.15) is 41.6 Å². The summed E-state index contributed by atoms with van der Waals surface area (Å²) in [7, 11) is 0. The molecule has 2 atom stereocenters. The molecule has 1 heterocycles. The highest BCUT2D eigenvalue weighted by atomic mass is 35.5. The molecule has 0 radical (unpaired) electrons. The summed E-state index contributed by atoms with van der Waals surface area (Å²) in [6.45, 7) is 11.5. The molecule has 1 rings (SSSR count). The number of carbonyl (C=O) groups is 1. The van der Waals surface area contributed by atoms with Gasteiger partial charge in [-0.2, -0.15) is 0 Å². The van der Waals surface area contributed by atoms with E-state index in [2.05, 4.69) is 11.1 Å². The lowest BCUT2D eigenvalue weighted by Crippen LogP contribution is -2.13. The lowest BCUT2D eigenvalue weighted by molar-refractivity contribution is 0.0991. The minimum absolute atomic E-state index is 0.0164. The van der Waals surface area contributed by atoms with Crippen LogP contribution in [0, 0.1) is 13.8 Å². The second-order valence-corrected chi connectivity index (χ2v) is 4.77. The molecule has 0 saturated heterocycles. The number of carbonyl (C=O) groups excluding carboxylic acids is 1. The molecule has 0 saturated carbocycles. The first-order valence-corrected chi connectivity index (χ1v) is 5.83.